The van der Waals surface area contributed by atoms with Crippen LogP contribution in [0.25, 0.3) is 0 Å². The number of nitrogens with zero attached hydrogens (tertiary/aromatic N) is 3. The Morgan fingerprint density at radius 3 is 2.84 bits per heavy atom. The van der Waals surface area contributed by atoms with Gasteiger partial charge in [0.2, 0.25) is 0 Å². The number of carbonyl (C=O) groups is 2. The molecule has 0 bridgehead atoms. The van der Waals surface area contributed by atoms with Gasteiger partial charge in [0, 0.05) is 38.9 Å². The number of benzene rings is 2. The molecule has 3 heterocycles. The summed E-state index contributed by atoms with van der Waals surface area (Å²) in [4.78, 5) is 27.5. The Bertz CT molecular complexity index is 1290. The van der Waals surface area contributed by atoms with Gasteiger partial charge >= 0.3 is 6.03 Å². The molecule has 2 aromatic carbocycles. The van der Waals surface area contributed by atoms with Gasteiger partial charge in [0.25, 0.3) is 5.91 Å². The van der Waals surface area contributed by atoms with Crippen LogP contribution in [0.1, 0.15) is 30.4 Å². The van der Waals surface area contributed by atoms with Crippen LogP contribution >= 0.6 is 0 Å². The molecule has 0 radical (unpaired) electrons. The average Bonchev–Trinajstić information content (AvgIpc) is 3.35. The van der Waals surface area contributed by atoms with Gasteiger partial charge in [-0.2, -0.15) is 9.78 Å². The van der Waals surface area contributed by atoms with Crippen molar-refractivity contribution in [1.82, 2.24) is 15.1 Å². The predicted molar refractivity (Wildman–Crippen MR) is 138 cm³/mol. The normalized spacial score (nSPS) is 17.9. The highest BCUT2D eigenvalue weighted by Crippen LogP contribution is 2.34. The molecule has 0 unspecified atom stereocenters. The maximum Gasteiger partial charge on any atom is 0.342 e. The number of nitrogens with one attached hydrogen (secondary N) is 1. The van der Waals surface area contributed by atoms with Gasteiger partial charge < -0.3 is 24.4 Å². The van der Waals surface area contributed by atoms with Gasteiger partial charge in [0.1, 0.15) is 30.0 Å². The molecule has 0 saturated carbocycles. The van der Waals surface area contributed by atoms with Crippen LogP contribution in [0.5, 0.6) is 11.5 Å². The summed E-state index contributed by atoms with van der Waals surface area (Å²) < 4.78 is 31.8. The summed E-state index contributed by atoms with van der Waals surface area (Å²) in [5.74, 6) is 1.16. The number of rotatable bonds is 7. The largest absolute Gasteiger partial charge is 0.494 e. The van der Waals surface area contributed by atoms with Crippen molar-refractivity contribution in [2.75, 3.05) is 38.4 Å². The minimum atomic E-state index is -0.909. The Morgan fingerprint density at radius 2 is 2.03 bits per heavy atom. The van der Waals surface area contributed by atoms with E-state index < -0.39 is 12.1 Å². The third kappa shape index (κ3) is 6.13. The first-order chi connectivity index (χ1) is 18.5. The molecule has 1 aromatic heterocycles. The van der Waals surface area contributed by atoms with Gasteiger partial charge in [-0.25, -0.2) is 9.18 Å². The van der Waals surface area contributed by atoms with Crippen LogP contribution in [0.2, 0.25) is 0 Å². The van der Waals surface area contributed by atoms with Crippen LogP contribution < -0.4 is 19.7 Å². The van der Waals surface area contributed by atoms with Crippen LogP contribution in [-0.2, 0) is 16.0 Å². The Hall–Kier alpha value is -3.92. The Kier molecular flexibility index (Phi) is 7.88. The van der Waals surface area contributed by atoms with Crippen molar-refractivity contribution in [1.29, 1.82) is 0 Å². The molecule has 2 amide bonds. The van der Waals surface area contributed by atoms with Crippen LogP contribution in [0, 0.1) is 11.7 Å². The number of ether oxygens (including phenoxy) is 3. The standard InChI is InChI=1S/C28H31FN4O5/c1-32-25-15-23(37-12-9-19-7-10-36-11-8-19)5-6-26(25)38-18-24(27(32)34)31-28(35)33-17-21(16-30-33)13-20-3-2-4-22(29)14-20/h2-6,14-17,19,24H,7-13,18H2,1H3,(H,31,35)/t24-/m0/s1. The molecule has 1 saturated heterocycles. The second-order valence-corrected chi connectivity index (χ2v) is 9.63. The second-order valence-electron chi connectivity index (χ2n) is 9.63. The van der Waals surface area contributed by atoms with Crippen molar-refractivity contribution in [2.45, 2.75) is 31.7 Å². The van der Waals surface area contributed by atoms with Crippen molar-refractivity contribution in [3.05, 3.63) is 71.8 Å². The highest BCUT2D eigenvalue weighted by molar-refractivity contribution is 6.00. The zero-order valence-corrected chi connectivity index (χ0v) is 21.3. The van der Waals surface area contributed by atoms with E-state index in [0.29, 0.717) is 36.1 Å². The lowest BCUT2D eigenvalue weighted by atomic mass is 9.97. The van der Waals surface area contributed by atoms with E-state index in [0.717, 1.165) is 48.3 Å². The van der Waals surface area contributed by atoms with Crippen molar-refractivity contribution in [3.63, 3.8) is 0 Å². The molecule has 9 nitrogen and oxygen atoms in total. The number of amides is 2. The van der Waals surface area contributed by atoms with Gasteiger partial charge in [-0.15, -0.1) is 0 Å². The number of hydrogen-bond donors (Lipinski definition) is 1. The van der Waals surface area contributed by atoms with Gasteiger partial charge in [-0.05, 0) is 60.6 Å². The molecule has 5 rings (SSSR count). The topological polar surface area (TPSA) is 94.9 Å². The summed E-state index contributed by atoms with van der Waals surface area (Å²) in [7, 11) is 1.64. The van der Waals surface area contributed by atoms with Crippen molar-refractivity contribution in [2.24, 2.45) is 5.92 Å². The number of fused-ring (bicyclic) bond motifs is 1. The highest BCUT2D eigenvalue weighted by atomic mass is 19.1. The third-order valence-electron chi connectivity index (χ3n) is 6.90. The number of hydrogen-bond acceptors (Lipinski definition) is 6. The molecule has 1 N–H and O–H groups in total. The molecule has 200 valence electrons. The van der Waals surface area contributed by atoms with E-state index in [1.165, 1.54) is 17.0 Å². The quantitative estimate of drug-likeness (QED) is 0.508. The molecule has 10 heteroatoms. The number of halogens is 1. The summed E-state index contributed by atoms with van der Waals surface area (Å²) in [5.41, 5.74) is 2.08. The van der Waals surface area contributed by atoms with Gasteiger partial charge in [-0.3, -0.25) is 4.79 Å². The second kappa shape index (κ2) is 11.6. The summed E-state index contributed by atoms with van der Waals surface area (Å²) in [5, 5.41) is 6.81. The Balaban J connectivity index is 1.19. The SMILES string of the molecule is CN1C(=O)[C@@H](NC(=O)n2cc(Cc3cccc(F)c3)cn2)COc2ccc(OCCC3CCOCC3)cc21. The fourth-order valence-corrected chi connectivity index (χ4v) is 4.71. The van der Waals surface area contributed by atoms with Crippen molar-refractivity contribution in [3.8, 4) is 11.5 Å². The van der Waals surface area contributed by atoms with Gasteiger partial charge in [0.05, 0.1) is 18.5 Å². The van der Waals surface area contributed by atoms with E-state index in [1.807, 2.05) is 6.07 Å². The van der Waals surface area contributed by atoms with Crippen molar-refractivity contribution < 1.29 is 28.2 Å². The van der Waals surface area contributed by atoms with Crippen molar-refractivity contribution >= 4 is 17.6 Å². The smallest absolute Gasteiger partial charge is 0.342 e. The Labute approximate surface area is 220 Å². The molecule has 2 aliphatic rings. The van der Waals surface area contributed by atoms with Gasteiger partial charge in [0.15, 0.2) is 0 Å². The van der Waals surface area contributed by atoms with E-state index in [9.17, 15) is 14.0 Å². The monoisotopic (exact) mass is 522 g/mol. The molecule has 0 spiro atoms. The molecule has 0 aliphatic carbocycles. The number of likely N-dealkylation sites (N-methyl/N-ethyl adjacent to an activating group) is 1. The molecular formula is C28H31FN4O5. The minimum absolute atomic E-state index is 0.0245. The summed E-state index contributed by atoms with van der Waals surface area (Å²) >= 11 is 0. The molecule has 2 aliphatic heterocycles. The molecular weight excluding hydrogens is 491 g/mol. The number of anilines is 1. The molecule has 38 heavy (non-hydrogen) atoms. The van der Waals surface area contributed by atoms with Crippen LogP contribution in [0.15, 0.2) is 54.9 Å². The van der Waals surface area contributed by atoms with Crippen LogP contribution in [-0.4, -0.2) is 61.2 Å². The lowest BCUT2D eigenvalue weighted by Crippen LogP contribution is -2.50. The summed E-state index contributed by atoms with van der Waals surface area (Å²) in [6.45, 7) is 2.18. The van der Waals surface area contributed by atoms with Gasteiger partial charge in [-0.1, -0.05) is 12.1 Å². The molecule has 3 aromatic rings. The fourth-order valence-electron chi connectivity index (χ4n) is 4.71. The van der Waals surface area contributed by atoms with Crippen LogP contribution in [0.3, 0.4) is 0 Å². The Morgan fingerprint density at radius 1 is 1.18 bits per heavy atom. The molecule has 1 fully saturated rings. The van der Waals surface area contributed by atoms with E-state index in [4.69, 9.17) is 14.2 Å². The first-order valence-corrected chi connectivity index (χ1v) is 12.8. The minimum Gasteiger partial charge on any atom is -0.494 e. The lowest BCUT2D eigenvalue weighted by molar-refractivity contribution is -0.120. The number of carbonyl (C=O) groups excluding carboxylic acids is 2. The van der Waals surface area contributed by atoms with Crippen LogP contribution in [0.4, 0.5) is 14.9 Å². The zero-order chi connectivity index (χ0) is 26.5. The van der Waals surface area contributed by atoms with E-state index in [2.05, 4.69) is 10.4 Å². The number of aromatic nitrogens is 2. The summed E-state index contributed by atoms with van der Waals surface area (Å²) in [6, 6.07) is 10.2. The highest BCUT2D eigenvalue weighted by Gasteiger charge is 2.31. The first-order valence-electron chi connectivity index (χ1n) is 12.8. The maximum atomic E-state index is 13.5. The van der Waals surface area contributed by atoms with E-state index in [-0.39, 0.29) is 18.3 Å². The predicted octanol–water partition coefficient (Wildman–Crippen LogP) is 3.79. The molecule has 1 atom stereocenters. The summed E-state index contributed by atoms with van der Waals surface area (Å²) in [6.07, 6.45) is 6.59. The maximum absolute atomic E-state index is 13.5. The zero-order valence-electron chi connectivity index (χ0n) is 21.3. The van der Waals surface area contributed by atoms with E-state index in [1.54, 1.807) is 43.7 Å². The third-order valence-corrected chi connectivity index (χ3v) is 6.90. The first kappa shape index (κ1) is 25.7. The van der Waals surface area contributed by atoms with E-state index >= 15 is 0 Å². The fraction of sp³-hybridized carbons (Fsp3) is 0.393. The lowest BCUT2D eigenvalue weighted by Gasteiger charge is -2.22. The average molecular weight is 523 g/mol.